The standard InChI is InChI=1S/C25H20FN3O3S/c1-31-22-12-16(10-11-21(22)32-15-18-7-3-2-6-17(18)14-27)13-23-24(30)29-25(33-23)28-20-9-5-4-8-19(20)26/h2-13,25,28H,15H2,1H3,(H,29,30)/b23-13-. The zero-order valence-corrected chi connectivity index (χ0v) is 18.5. The van der Waals surface area contributed by atoms with Crippen molar-refractivity contribution >= 4 is 29.4 Å². The van der Waals surface area contributed by atoms with Crippen molar-refractivity contribution in [2.45, 2.75) is 12.1 Å². The quantitative estimate of drug-likeness (QED) is 0.488. The lowest BCUT2D eigenvalue weighted by Crippen LogP contribution is -2.31. The molecule has 1 aliphatic rings. The fourth-order valence-electron chi connectivity index (χ4n) is 3.24. The van der Waals surface area contributed by atoms with Crippen LogP contribution in [0.2, 0.25) is 0 Å². The number of anilines is 1. The Kier molecular flexibility index (Phi) is 6.81. The van der Waals surface area contributed by atoms with E-state index < -0.39 is 5.50 Å². The number of para-hydroxylation sites is 1. The fraction of sp³-hybridized carbons (Fsp3) is 0.120. The molecule has 1 saturated heterocycles. The molecule has 1 aliphatic heterocycles. The van der Waals surface area contributed by atoms with Gasteiger partial charge in [-0.2, -0.15) is 5.26 Å². The molecular formula is C25H20FN3O3S. The van der Waals surface area contributed by atoms with Gasteiger partial charge in [-0.1, -0.05) is 48.2 Å². The smallest absolute Gasteiger partial charge is 0.260 e. The van der Waals surface area contributed by atoms with E-state index in [1.807, 2.05) is 18.2 Å². The summed E-state index contributed by atoms with van der Waals surface area (Å²) in [5.74, 6) is 0.391. The average molecular weight is 462 g/mol. The van der Waals surface area contributed by atoms with Crippen molar-refractivity contribution in [3.8, 4) is 17.6 Å². The number of methoxy groups -OCH3 is 1. The highest BCUT2D eigenvalue weighted by Crippen LogP contribution is 2.34. The summed E-state index contributed by atoms with van der Waals surface area (Å²) in [6, 6.07) is 21.0. The van der Waals surface area contributed by atoms with Gasteiger partial charge in [0.2, 0.25) is 0 Å². The Morgan fingerprint density at radius 2 is 1.94 bits per heavy atom. The highest BCUT2D eigenvalue weighted by atomic mass is 32.2. The molecule has 1 amide bonds. The molecule has 8 heteroatoms. The molecule has 0 radical (unpaired) electrons. The fourth-order valence-corrected chi connectivity index (χ4v) is 4.22. The van der Waals surface area contributed by atoms with Crippen LogP contribution in [0.1, 0.15) is 16.7 Å². The molecule has 1 heterocycles. The first kappa shape index (κ1) is 22.2. The van der Waals surface area contributed by atoms with Crippen molar-refractivity contribution < 1.29 is 18.7 Å². The van der Waals surface area contributed by atoms with Crippen LogP contribution < -0.4 is 20.1 Å². The first-order valence-corrected chi connectivity index (χ1v) is 10.9. The average Bonchev–Trinajstić information content (AvgIpc) is 3.18. The number of rotatable bonds is 7. The number of nitrogens with zero attached hydrogens (tertiary/aromatic N) is 1. The Bertz CT molecular complexity index is 1260. The summed E-state index contributed by atoms with van der Waals surface area (Å²) in [6.45, 7) is 0.224. The molecule has 0 bridgehead atoms. The van der Waals surface area contributed by atoms with Crippen LogP contribution in [0.25, 0.3) is 6.08 Å². The molecule has 3 aromatic rings. The van der Waals surface area contributed by atoms with E-state index in [-0.39, 0.29) is 18.3 Å². The third-order valence-electron chi connectivity index (χ3n) is 4.90. The minimum absolute atomic E-state index is 0.224. The SMILES string of the molecule is COc1cc(/C=C2\SC(Nc3ccccc3F)NC2=O)ccc1OCc1ccccc1C#N. The predicted molar refractivity (Wildman–Crippen MR) is 126 cm³/mol. The van der Waals surface area contributed by atoms with Crippen molar-refractivity contribution in [3.05, 3.63) is 94.1 Å². The van der Waals surface area contributed by atoms with Crippen LogP contribution in [-0.2, 0) is 11.4 Å². The van der Waals surface area contributed by atoms with Gasteiger partial charge in [-0.05, 0) is 42.0 Å². The number of nitriles is 1. The van der Waals surface area contributed by atoms with Gasteiger partial charge >= 0.3 is 0 Å². The Morgan fingerprint density at radius 3 is 2.73 bits per heavy atom. The lowest BCUT2D eigenvalue weighted by Gasteiger charge is -2.13. The molecule has 0 spiro atoms. The summed E-state index contributed by atoms with van der Waals surface area (Å²) in [6.07, 6.45) is 1.74. The molecule has 0 saturated carbocycles. The number of ether oxygens (including phenoxy) is 2. The first-order chi connectivity index (χ1) is 16.1. The zero-order chi connectivity index (χ0) is 23.2. The number of benzene rings is 3. The van der Waals surface area contributed by atoms with E-state index in [1.54, 1.807) is 48.5 Å². The first-order valence-electron chi connectivity index (χ1n) is 10.1. The van der Waals surface area contributed by atoms with E-state index in [0.717, 1.165) is 11.1 Å². The highest BCUT2D eigenvalue weighted by Gasteiger charge is 2.27. The van der Waals surface area contributed by atoms with Crippen molar-refractivity contribution in [1.29, 1.82) is 5.26 Å². The van der Waals surface area contributed by atoms with Crippen molar-refractivity contribution in [2.75, 3.05) is 12.4 Å². The van der Waals surface area contributed by atoms with Crippen LogP contribution in [0.5, 0.6) is 11.5 Å². The lowest BCUT2D eigenvalue weighted by molar-refractivity contribution is -0.116. The highest BCUT2D eigenvalue weighted by molar-refractivity contribution is 8.05. The van der Waals surface area contributed by atoms with Gasteiger partial charge in [0.25, 0.3) is 5.91 Å². The van der Waals surface area contributed by atoms with E-state index in [2.05, 4.69) is 16.7 Å². The largest absolute Gasteiger partial charge is 0.493 e. The molecule has 6 nitrogen and oxygen atoms in total. The normalized spacial score (nSPS) is 16.2. The van der Waals surface area contributed by atoms with Crippen LogP contribution in [0.3, 0.4) is 0 Å². The van der Waals surface area contributed by atoms with Crippen molar-refractivity contribution in [2.24, 2.45) is 0 Å². The molecule has 166 valence electrons. The van der Waals surface area contributed by atoms with Gasteiger partial charge < -0.3 is 20.1 Å². The van der Waals surface area contributed by atoms with E-state index in [9.17, 15) is 14.4 Å². The summed E-state index contributed by atoms with van der Waals surface area (Å²) in [4.78, 5) is 12.9. The van der Waals surface area contributed by atoms with Gasteiger partial charge in [0.05, 0.1) is 29.3 Å². The lowest BCUT2D eigenvalue weighted by atomic mass is 10.1. The predicted octanol–water partition coefficient (Wildman–Crippen LogP) is 4.88. The van der Waals surface area contributed by atoms with E-state index in [1.165, 1.54) is 24.9 Å². The number of hydrogen-bond donors (Lipinski definition) is 2. The van der Waals surface area contributed by atoms with Gasteiger partial charge in [-0.25, -0.2) is 4.39 Å². The van der Waals surface area contributed by atoms with Crippen LogP contribution in [-0.4, -0.2) is 18.5 Å². The molecule has 0 aliphatic carbocycles. The topological polar surface area (TPSA) is 83.4 Å². The van der Waals surface area contributed by atoms with Crippen LogP contribution in [0.4, 0.5) is 10.1 Å². The molecule has 3 aromatic carbocycles. The van der Waals surface area contributed by atoms with Crippen molar-refractivity contribution in [3.63, 3.8) is 0 Å². The van der Waals surface area contributed by atoms with Gasteiger partial charge in [0.1, 0.15) is 12.4 Å². The zero-order valence-electron chi connectivity index (χ0n) is 17.7. The van der Waals surface area contributed by atoms with Gasteiger partial charge in [-0.3, -0.25) is 4.79 Å². The Morgan fingerprint density at radius 1 is 1.15 bits per heavy atom. The maximum atomic E-state index is 13.9. The minimum atomic E-state index is -0.481. The second kappa shape index (κ2) is 10.1. The summed E-state index contributed by atoms with van der Waals surface area (Å²) >= 11 is 1.27. The third-order valence-corrected chi connectivity index (χ3v) is 5.93. The minimum Gasteiger partial charge on any atom is -0.493 e. The van der Waals surface area contributed by atoms with Crippen LogP contribution in [0.15, 0.2) is 71.6 Å². The van der Waals surface area contributed by atoms with Crippen molar-refractivity contribution in [1.82, 2.24) is 5.32 Å². The third kappa shape index (κ3) is 5.27. The molecular weight excluding hydrogens is 441 g/mol. The molecule has 1 atom stereocenters. The number of hydrogen-bond acceptors (Lipinski definition) is 6. The maximum absolute atomic E-state index is 13.9. The Labute approximate surface area is 195 Å². The summed E-state index contributed by atoms with van der Waals surface area (Å²) in [5.41, 5.74) is 1.92. The molecule has 4 rings (SSSR count). The van der Waals surface area contributed by atoms with E-state index in [4.69, 9.17) is 9.47 Å². The summed E-state index contributed by atoms with van der Waals surface area (Å²) < 4.78 is 25.2. The number of carbonyl (C=O) groups excluding carboxylic acids is 1. The monoisotopic (exact) mass is 461 g/mol. The van der Waals surface area contributed by atoms with E-state index in [0.29, 0.717) is 27.7 Å². The molecule has 0 aromatic heterocycles. The Balaban J connectivity index is 1.46. The number of halogens is 1. The maximum Gasteiger partial charge on any atom is 0.260 e. The van der Waals surface area contributed by atoms with Gasteiger partial charge in [0.15, 0.2) is 17.0 Å². The molecule has 1 unspecified atom stereocenters. The van der Waals surface area contributed by atoms with Crippen LogP contribution >= 0.6 is 11.8 Å². The second-order valence-electron chi connectivity index (χ2n) is 7.07. The molecule has 1 fully saturated rings. The molecule has 33 heavy (non-hydrogen) atoms. The number of nitrogens with one attached hydrogen (secondary N) is 2. The van der Waals surface area contributed by atoms with Gasteiger partial charge in [-0.15, -0.1) is 0 Å². The number of carbonyl (C=O) groups is 1. The second-order valence-corrected chi connectivity index (χ2v) is 8.22. The Hall–Kier alpha value is -3.96. The number of thioether (sulfide) groups is 1. The molecule has 2 N–H and O–H groups in total. The summed E-state index contributed by atoms with van der Waals surface area (Å²) in [5, 5.41) is 15.0. The summed E-state index contributed by atoms with van der Waals surface area (Å²) in [7, 11) is 1.54. The van der Waals surface area contributed by atoms with Crippen LogP contribution in [0, 0.1) is 17.1 Å². The number of amides is 1. The van der Waals surface area contributed by atoms with E-state index >= 15 is 0 Å². The van der Waals surface area contributed by atoms with Gasteiger partial charge in [0, 0.05) is 5.56 Å².